The average molecular weight is 356 g/mol. The lowest BCUT2D eigenvalue weighted by atomic mass is 9.94. The first-order chi connectivity index (χ1) is 11.2. The Bertz CT molecular complexity index is 621. The molecule has 1 aromatic carbocycles. The van der Waals surface area contributed by atoms with Crippen molar-refractivity contribution < 1.29 is 13.5 Å². The second-order valence-corrected chi connectivity index (χ2v) is 9.00. The Labute approximate surface area is 145 Å². The van der Waals surface area contributed by atoms with Gasteiger partial charge in [-0.3, -0.25) is 0 Å². The molecule has 1 fully saturated rings. The number of benzene rings is 1. The zero-order chi connectivity index (χ0) is 17.8. The lowest BCUT2D eigenvalue weighted by Crippen LogP contribution is -2.44. The second kappa shape index (κ2) is 7.93. The summed E-state index contributed by atoms with van der Waals surface area (Å²) in [6.07, 6.45) is 1.76. The summed E-state index contributed by atoms with van der Waals surface area (Å²) >= 11 is 0. The van der Waals surface area contributed by atoms with E-state index in [-0.39, 0.29) is 0 Å². The third kappa shape index (κ3) is 5.00. The van der Waals surface area contributed by atoms with Gasteiger partial charge in [0.2, 0.25) is 0 Å². The summed E-state index contributed by atoms with van der Waals surface area (Å²) in [5, 5.41) is 10.7. The Morgan fingerprint density at radius 3 is 2.42 bits per heavy atom. The highest BCUT2D eigenvalue weighted by Gasteiger charge is 2.35. The molecule has 136 valence electrons. The van der Waals surface area contributed by atoms with Gasteiger partial charge in [0.25, 0.3) is 10.2 Å². The second-order valence-electron chi connectivity index (χ2n) is 6.96. The minimum Gasteiger partial charge on any atom is -0.389 e. The molecule has 0 amide bonds. The molecule has 0 aromatic heterocycles. The monoisotopic (exact) mass is 355 g/mol. The van der Waals surface area contributed by atoms with Crippen LogP contribution in [0.2, 0.25) is 0 Å². The number of likely N-dealkylation sites (N-methyl/N-ethyl adjacent to an activating group) is 1. The predicted octanol–water partition coefficient (Wildman–Crippen LogP) is 1.14. The zero-order valence-electron chi connectivity index (χ0n) is 14.9. The quantitative estimate of drug-likeness (QED) is 0.831. The van der Waals surface area contributed by atoms with Crippen molar-refractivity contribution in [3.05, 3.63) is 35.9 Å². The summed E-state index contributed by atoms with van der Waals surface area (Å²) in [4.78, 5) is 1.95. The molecule has 7 heteroatoms. The topological polar surface area (TPSA) is 64.1 Å². The molecular weight excluding hydrogens is 326 g/mol. The van der Waals surface area contributed by atoms with Crippen molar-refractivity contribution in [3.63, 3.8) is 0 Å². The van der Waals surface area contributed by atoms with Crippen molar-refractivity contribution >= 4 is 10.2 Å². The number of rotatable bonds is 6. The van der Waals surface area contributed by atoms with Gasteiger partial charge in [0, 0.05) is 33.2 Å². The fraction of sp³-hybridized carbons (Fsp3) is 0.647. The summed E-state index contributed by atoms with van der Waals surface area (Å²) in [6, 6.07) is 9.57. The Morgan fingerprint density at radius 2 is 1.79 bits per heavy atom. The van der Waals surface area contributed by atoms with Gasteiger partial charge < -0.3 is 10.0 Å². The van der Waals surface area contributed by atoms with Gasteiger partial charge >= 0.3 is 0 Å². The van der Waals surface area contributed by atoms with E-state index in [1.165, 1.54) is 8.61 Å². The number of hydrogen-bond acceptors (Lipinski definition) is 4. The number of aliphatic hydroxyl groups is 1. The predicted molar refractivity (Wildman–Crippen MR) is 95.8 cm³/mol. The van der Waals surface area contributed by atoms with E-state index in [1.807, 2.05) is 49.3 Å². The maximum atomic E-state index is 12.8. The first kappa shape index (κ1) is 19.3. The van der Waals surface area contributed by atoms with Gasteiger partial charge in [-0.2, -0.15) is 17.0 Å². The van der Waals surface area contributed by atoms with Crippen molar-refractivity contribution in [1.29, 1.82) is 0 Å². The van der Waals surface area contributed by atoms with Crippen molar-refractivity contribution in [2.24, 2.45) is 0 Å². The molecule has 1 heterocycles. The van der Waals surface area contributed by atoms with E-state index in [2.05, 4.69) is 0 Å². The van der Waals surface area contributed by atoms with E-state index in [0.29, 0.717) is 45.4 Å². The van der Waals surface area contributed by atoms with Gasteiger partial charge in [0.15, 0.2) is 0 Å². The van der Waals surface area contributed by atoms with Crippen LogP contribution in [0, 0.1) is 0 Å². The Hall–Kier alpha value is -0.990. The van der Waals surface area contributed by atoms with Gasteiger partial charge in [-0.05, 0) is 38.9 Å². The molecule has 0 unspecified atom stereocenters. The molecule has 1 aliphatic heterocycles. The maximum Gasteiger partial charge on any atom is 0.282 e. The van der Waals surface area contributed by atoms with Crippen LogP contribution in [0.4, 0.5) is 0 Å². The highest BCUT2D eigenvalue weighted by molar-refractivity contribution is 7.86. The van der Waals surface area contributed by atoms with Gasteiger partial charge in [-0.15, -0.1) is 0 Å². The molecule has 1 aromatic rings. The van der Waals surface area contributed by atoms with Crippen molar-refractivity contribution in [2.45, 2.75) is 31.4 Å². The van der Waals surface area contributed by atoms with Crippen LogP contribution in [0.15, 0.2) is 30.3 Å². The molecule has 24 heavy (non-hydrogen) atoms. The molecule has 1 atom stereocenters. The Kier molecular flexibility index (Phi) is 6.39. The van der Waals surface area contributed by atoms with Gasteiger partial charge in [0.1, 0.15) is 0 Å². The van der Waals surface area contributed by atoms with Crippen LogP contribution in [0.1, 0.15) is 24.8 Å². The van der Waals surface area contributed by atoms with Crippen LogP contribution < -0.4 is 0 Å². The normalized spacial score (nSPS) is 23.6. The molecule has 0 bridgehead atoms. The molecule has 1 aliphatic rings. The van der Waals surface area contributed by atoms with Crippen LogP contribution in [0.5, 0.6) is 0 Å². The van der Waals surface area contributed by atoms with E-state index >= 15 is 0 Å². The summed E-state index contributed by atoms with van der Waals surface area (Å²) in [6.45, 7) is 1.71. The van der Waals surface area contributed by atoms with E-state index in [4.69, 9.17) is 0 Å². The number of nitrogens with zero attached hydrogens (tertiary/aromatic N) is 3. The first-order valence-corrected chi connectivity index (χ1v) is 9.75. The first-order valence-electron chi connectivity index (χ1n) is 8.35. The molecule has 1 saturated heterocycles. The van der Waals surface area contributed by atoms with Crippen molar-refractivity contribution in [2.75, 3.05) is 40.8 Å². The molecule has 2 rings (SSSR count). The SMILES string of the molecule is CN(C)C[C@@]1(O)CCCN(S(=O)(=O)N(C)Cc2ccccc2)CC1. The maximum absolute atomic E-state index is 12.8. The van der Waals surface area contributed by atoms with Crippen LogP contribution >= 0.6 is 0 Å². The molecule has 0 aliphatic carbocycles. The summed E-state index contributed by atoms with van der Waals surface area (Å²) in [5.74, 6) is 0. The molecule has 0 spiro atoms. The third-order valence-electron chi connectivity index (χ3n) is 4.45. The number of hydrogen-bond donors (Lipinski definition) is 1. The molecular formula is C17H29N3O3S. The zero-order valence-corrected chi connectivity index (χ0v) is 15.7. The van der Waals surface area contributed by atoms with E-state index < -0.39 is 15.8 Å². The molecule has 6 nitrogen and oxygen atoms in total. The van der Waals surface area contributed by atoms with Crippen molar-refractivity contribution in [3.8, 4) is 0 Å². The average Bonchev–Trinajstić information content (AvgIpc) is 2.69. The van der Waals surface area contributed by atoms with E-state index in [9.17, 15) is 13.5 Å². The molecule has 0 saturated carbocycles. The highest BCUT2D eigenvalue weighted by Crippen LogP contribution is 2.25. The summed E-state index contributed by atoms with van der Waals surface area (Å²) in [7, 11) is 1.93. The van der Waals surface area contributed by atoms with Crippen LogP contribution in [-0.2, 0) is 16.8 Å². The van der Waals surface area contributed by atoms with Crippen LogP contribution in [-0.4, -0.2) is 73.4 Å². The van der Waals surface area contributed by atoms with E-state index in [1.54, 1.807) is 7.05 Å². The van der Waals surface area contributed by atoms with Crippen molar-refractivity contribution in [1.82, 2.24) is 13.5 Å². The summed E-state index contributed by atoms with van der Waals surface area (Å²) < 4.78 is 28.6. The molecule has 0 radical (unpaired) electrons. The lowest BCUT2D eigenvalue weighted by Gasteiger charge is -2.30. The van der Waals surface area contributed by atoms with Crippen LogP contribution in [0.25, 0.3) is 0 Å². The Balaban J connectivity index is 2.04. The molecule has 1 N–H and O–H groups in total. The smallest absolute Gasteiger partial charge is 0.282 e. The van der Waals surface area contributed by atoms with Crippen LogP contribution in [0.3, 0.4) is 0 Å². The van der Waals surface area contributed by atoms with Gasteiger partial charge in [0.05, 0.1) is 5.60 Å². The van der Waals surface area contributed by atoms with Gasteiger partial charge in [-0.1, -0.05) is 30.3 Å². The fourth-order valence-electron chi connectivity index (χ4n) is 3.25. The lowest BCUT2D eigenvalue weighted by molar-refractivity contribution is 0.00399. The van der Waals surface area contributed by atoms with Gasteiger partial charge in [-0.25, -0.2) is 0 Å². The Morgan fingerprint density at radius 1 is 1.12 bits per heavy atom. The minimum atomic E-state index is -3.52. The van der Waals surface area contributed by atoms with E-state index in [0.717, 1.165) is 5.56 Å². The summed E-state index contributed by atoms with van der Waals surface area (Å²) in [5.41, 5.74) is 0.147. The standard InChI is InChI=1S/C17H29N3O3S/c1-18(2)15-17(21)10-7-12-20(13-11-17)24(22,23)19(3)14-16-8-5-4-6-9-16/h4-6,8-9,21H,7,10-15H2,1-3H3/t17-/m1/s1. The fourth-order valence-corrected chi connectivity index (χ4v) is 4.64. The largest absolute Gasteiger partial charge is 0.389 e. The highest BCUT2D eigenvalue weighted by atomic mass is 32.2. The minimum absolute atomic E-state index is 0.349. The third-order valence-corrected chi connectivity index (χ3v) is 6.39.